The Hall–Kier alpha value is -4.29. The highest BCUT2D eigenvalue weighted by Gasteiger charge is 2.24. The van der Waals surface area contributed by atoms with E-state index in [-0.39, 0.29) is 18.2 Å². The number of halogens is 2. The average Bonchev–Trinajstić information content (AvgIpc) is 3.47. The van der Waals surface area contributed by atoms with Crippen molar-refractivity contribution in [2.45, 2.75) is 38.5 Å². The summed E-state index contributed by atoms with van der Waals surface area (Å²) >= 11 is 6.04. The molecule has 0 saturated carbocycles. The number of ether oxygens (including phenoxy) is 1. The standard InChI is InChI=1S/C29H32ClFN8O3/c1-37(28(40)33-16-22-8-4-10-24(31)27(22)30)23(9-5-11-38-12-13-39-19-34-36-26(39)17-38)18-42-29(41)35-25-14-20-6-2-3-7-21(20)15-32-25/h2-4,6-8,10,14-15,19,23H,5,9,11-13,16-18H2,1H3,(H,33,40)(H,32,35,41). The van der Waals surface area contributed by atoms with Gasteiger partial charge in [-0.1, -0.05) is 48.0 Å². The Bertz CT molecular complexity index is 1550. The molecule has 0 fully saturated rings. The monoisotopic (exact) mass is 594 g/mol. The van der Waals surface area contributed by atoms with Gasteiger partial charge in [-0.3, -0.25) is 10.2 Å². The van der Waals surface area contributed by atoms with Crippen LogP contribution in [0.5, 0.6) is 0 Å². The maximum absolute atomic E-state index is 13.8. The van der Waals surface area contributed by atoms with Gasteiger partial charge in [0.1, 0.15) is 30.4 Å². The number of likely N-dealkylation sites (N-methyl/N-ethyl adjacent to an activating group) is 1. The third kappa shape index (κ3) is 7.31. The normalized spacial score (nSPS) is 13.8. The van der Waals surface area contributed by atoms with Crippen molar-refractivity contribution in [3.05, 3.63) is 83.3 Å². The Balaban J connectivity index is 1.18. The predicted molar refractivity (Wildman–Crippen MR) is 156 cm³/mol. The van der Waals surface area contributed by atoms with Crippen LogP contribution in [0.4, 0.5) is 19.8 Å². The van der Waals surface area contributed by atoms with E-state index < -0.39 is 24.0 Å². The first-order chi connectivity index (χ1) is 20.4. The number of aromatic nitrogens is 4. The van der Waals surface area contributed by atoms with Gasteiger partial charge in [0, 0.05) is 38.3 Å². The number of hydrogen-bond acceptors (Lipinski definition) is 7. The van der Waals surface area contributed by atoms with Crippen molar-refractivity contribution in [2.24, 2.45) is 0 Å². The summed E-state index contributed by atoms with van der Waals surface area (Å²) in [5.41, 5.74) is 0.464. The Labute approximate surface area is 247 Å². The number of carbonyl (C=O) groups is 2. The Kier molecular flexibility index (Phi) is 9.45. The summed E-state index contributed by atoms with van der Waals surface area (Å²) in [5.74, 6) is 0.741. The van der Waals surface area contributed by atoms with Crippen molar-refractivity contribution in [2.75, 3.05) is 32.1 Å². The number of fused-ring (bicyclic) bond motifs is 2. The molecule has 42 heavy (non-hydrogen) atoms. The Morgan fingerprint density at radius 1 is 1.17 bits per heavy atom. The van der Waals surface area contributed by atoms with Crippen LogP contribution in [0.25, 0.3) is 10.8 Å². The Morgan fingerprint density at radius 3 is 2.86 bits per heavy atom. The van der Waals surface area contributed by atoms with Crippen molar-refractivity contribution in [1.29, 1.82) is 0 Å². The van der Waals surface area contributed by atoms with E-state index in [1.165, 1.54) is 17.0 Å². The van der Waals surface area contributed by atoms with Crippen LogP contribution in [-0.2, 0) is 24.4 Å². The molecular formula is C29H32ClFN8O3. The van der Waals surface area contributed by atoms with Crippen molar-refractivity contribution in [3.63, 3.8) is 0 Å². The molecule has 3 heterocycles. The third-order valence-corrected chi connectivity index (χ3v) is 7.75. The van der Waals surface area contributed by atoms with Crippen LogP contribution >= 0.6 is 11.6 Å². The maximum Gasteiger partial charge on any atom is 0.412 e. The first-order valence-electron chi connectivity index (χ1n) is 13.7. The molecular weight excluding hydrogens is 563 g/mol. The molecule has 0 bridgehead atoms. The molecule has 0 radical (unpaired) electrons. The number of carbonyl (C=O) groups excluding carboxylic acids is 2. The first-order valence-corrected chi connectivity index (χ1v) is 14.1. The topological polar surface area (TPSA) is 118 Å². The highest BCUT2D eigenvalue weighted by molar-refractivity contribution is 6.31. The summed E-state index contributed by atoms with van der Waals surface area (Å²) in [4.78, 5) is 33.8. The van der Waals surface area contributed by atoms with Crippen LogP contribution in [-0.4, -0.2) is 74.5 Å². The lowest BCUT2D eigenvalue weighted by molar-refractivity contribution is 0.110. The number of nitrogens with one attached hydrogen (secondary N) is 2. The molecule has 220 valence electrons. The minimum Gasteiger partial charge on any atom is -0.447 e. The molecule has 1 unspecified atom stereocenters. The zero-order valence-electron chi connectivity index (χ0n) is 23.2. The molecule has 1 aliphatic rings. The van der Waals surface area contributed by atoms with Gasteiger partial charge >= 0.3 is 12.1 Å². The fourth-order valence-electron chi connectivity index (χ4n) is 4.86. The minimum absolute atomic E-state index is 0.0294. The average molecular weight is 595 g/mol. The molecule has 3 amide bonds. The van der Waals surface area contributed by atoms with Gasteiger partial charge in [-0.05, 0) is 42.5 Å². The molecule has 1 atom stereocenters. The van der Waals surface area contributed by atoms with E-state index in [1.807, 2.05) is 28.8 Å². The van der Waals surface area contributed by atoms with Gasteiger partial charge in [0.05, 0.1) is 17.6 Å². The van der Waals surface area contributed by atoms with E-state index in [4.69, 9.17) is 16.3 Å². The van der Waals surface area contributed by atoms with E-state index >= 15 is 0 Å². The van der Waals surface area contributed by atoms with Crippen LogP contribution in [0.3, 0.4) is 0 Å². The number of urea groups is 1. The molecule has 0 spiro atoms. The quantitative estimate of drug-likeness (QED) is 0.274. The summed E-state index contributed by atoms with van der Waals surface area (Å²) in [7, 11) is 1.64. The van der Waals surface area contributed by atoms with E-state index in [9.17, 15) is 14.0 Å². The lowest BCUT2D eigenvalue weighted by atomic mass is 10.1. The summed E-state index contributed by atoms with van der Waals surface area (Å²) in [5, 5.41) is 15.4. The second-order valence-corrected chi connectivity index (χ2v) is 10.5. The number of pyridine rings is 1. The summed E-state index contributed by atoms with van der Waals surface area (Å²) in [6, 6.07) is 13.1. The predicted octanol–water partition coefficient (Wildman–Crippen LogP) is 4.67. The molecule has 0 saturated heterocycles. The van der Waals surface area contributed by atoms with E-state index in [2.05, 4.69) is 30.7 Å². The number of amides is 3. The number of nitrogens with zero attached hydrogens (tertiary/aromatic N) is 6. The lowest BCUT2D eigenvalue weighted by Crippen LogP contribution is -2.46. The van der Waals surface area contributed by atoms with Gasteiger partial charge in [-0.2, -0.15) is 0 Å². The van der Waals surface area contributed by atoms with E-state index in [1.54, 1.807) is 31.7 Å². The molecule has 4 aromatic rings. The summed E-state index contributed by atoms with van der Waals surface area (Å²) in [6.07, 6.45) is 4.08. The van der Waals surface area contributed by atoms with Crippen molar-refractivity contribution in [1.82, 2.24) is 34.9 Å². The van der Waals surface area contributed by atoms with Crippen molar-refractivity contribution >= 4 is 40.3 Å². The minimum atomic E-state index is -0.668. The number of hydrogen-bond donors (Lipinski definition) is 2. The molecule has 2 aromatic heterocycles. The van der Waals surface area contributed by atoms with Gasteiger partial charge in [-0.25, -0.2) is 19.0 Å². The van der Waals surface area contributed by atoms with Crippen LogP contribution in [0.2, 0.25) is 5.02 Å². The van der Waals surface area contributed by atoms with E-state index in [0.717, 1.165) is 42.7 Å². The molecule has 5 rings (SSSR count). The van der Waals surface area contributed by atoms with Gasteiger partial charge in [0.25, 0.3) is 0 Å². The Morgan fingerprint density at radius 2 is 2.00 bits per heavy atom. The fraction of sp³-hybridized carbons (Fsp3) is 0.345. The van der Waals surface area contributed by atoms with Gasteiger partial charge < -0.3 is 19.5 Å². The van der Waals surface area contributed by atoms with Crippen LogP contribution in [0.15, 0.2) is 61.1 Å². The van der Waals surface area contributed by atoms with Gasteiger partial charge in [0.15, 0.2) is 0 Å². The molecule has 2 aromatic carbocycles. The smallest absolute Gasteiger partial charge is 0.412 e. The lowest BCUT2D eigenvalue weighted by Gasteiger charge is -2.30. The SMILES string of the molecule is CN(C(=O)NCc1cccc(F)c1Cl)C(CCCN1CCn2cnnc2C1)COC(=O)Nc1cc2ccccc2cn1. The maximum atomic E-state index is 13.8. The highest BCUT2D eigenvalue weighted by atomic mass is 35.5. The van der Waals surface area contributed by atoms with Crippen molar-refractivity contribution in [3.8, 4) is 0 Å². The van der Waals surface area contributed by atoms with Crippen LogP contribution in [0, 0.1) is 5.82 Å². The number of rotatable bonds is 10. The van der Waals surface area contributed by atoms with Gasteiger partial charge in [0.2, 0.25) is 0 Å². The van der Waals surface area contributed by atoms with Crippen molar-refractivity contribution < 1.29 is 18.7 Å². The first kappa shape index (κ1) is 29.2. The number of anilines is 1. The highest BCUT2D eigenvalue weighted by Crippen LogP contribution is 2.20. The fourth-order valence-corrected chi connectivity index (χ4v) is 5.05. The van der Waals surface area contributed by atoms with Crippen LogP contribution < -0.4 is 10.6 Å². The van der Waals surface area contributed by atoms with Gasteiger partial charge in [-0.15, -0.1) is 10.2 Å². The number of benzene rings is 2. The summed E-state index contributed by atoms with van der Waals surface area (Å²) in [6.45, 7) is 3.20. The van der Waals surface area contributed by atoms with E-state index in [0.29, 0.717) is 24.3 Å². The molecule has 0 aliphatic carbocycles. The zero-order chi connectivity index (χ0) is 29.5. The van der Waals surface area contributed by atoms with Crippen LogP contribution in [0.1, 0.15) is 24.2 Å². The zero-order valence-corrected chi connectivity index (χ0v) is 23.9. The molecule has 1 aliphatic heterocycles. The molecule has 13 heteroatoms. The molecule has 2 N–H and O–H groups in total. The second kappa shape index (κ2) is 13.6. The largest absolute Gasteiger partial charge is 0.447 e. The summed E-state index contributed by atoms with van der Waals surface area (Å²) < 4.78 is 21.4. The second-order valence-electron chi connectivity index (χ2n) is 10.1. The molecule has 11 nitrogen and oxygen atoms in total. The third-order valence-electron chi connectivity index (χ3n) is 7.33.